The number of hydrogen-bond donors (Lipinski definition) is 2. The molecule has 1 aliphatic rings. The van der Waals surface area contributed by atoms with Crippen LogP contribution in [0, 0.1) is 11.3 Å². The van der Waals surface area contributed by atoms with Crippen molar-refractivity contribution in [1.29, 1.82) is 5.26 Å². The Kier molecular flexibility index (Phi) is 8.01. The average molecular weight is 549 g/mol. The summed E-state index contributed by atoms with van der Waals surface area (Å²) in [6, 6.07) is 15.6. The number of para-hydroxylation sites is 1. The van der Waals surface area contributed by atoms with E-state index in [-0.39, 0.29) is 18.6 Å². The van der Waals surface area contributed by atoms with Crippen molar-refractivity contribution < 1.29 is 40.6 Å². The molecule has 3 unspecified atom stereocenters. The average Bonchev–Trinajstić information content (AvgIpc) is 3.33. The first-order valence-corrected chi connectivity index (χ1v) is 11.6. The summed E-state index contributed by atoms with van der Waals surface area (Å²) in [6.07, 6.45) is -10.5. The van der Waals surface area contributed by atoms with Crippen LogP contribution in [-0.4, -0.2) is 31.0 Å². The molecule has 3 atom stereocenters. The predicted octanol–water partition coefficient (Wildman–Crippen LogP) is 6.64. The van der Waals surface area contributed by atoms with E-state index >= 15 is 0 Å². The highest BCUT2D eigenvalue weighted by atomic mass is 19.4. The van der Waals surface area contributed by atoms with Crippen molar-refractivity contribution in [2.75, 3.05) is 11.9 Å². The Balaban J connectivity index is 1.39. The normalized spacial score (nSPS) is 19.3. The van der Waals surface area contributed by atoms with Gasteiger partial charge in [0, 0.05) is 17.6 Å². The van der Waals surface area contributed by atoms with Crippen molar-refractivity contribution in [1.82, 2.24) is 5.32 Å². The lowest BCUT2D eigenvalue weighted by atomic mass is 9.88. The summed E-state index contributed by atoms with van der Waals surface area (Å²) in [6.45, 7) is -0.186. The molecule has 2 N–H and O–H groups in total. The number of rotatable bonds is 6. The number of benzene rings is 3. The van der Waals surface area contributed by atoms with E-state index < -0.39 is 47.6 Å². The second-order valence-electron chi connectivity index (χ2n) is 8.80. The Bertz CT molecular complexity index is 1340. The summed E-state index contributed by atoms with van der Waals surface area (Å²) in [5, 5.41) is 13.9. The van der Waals surface area contributed by atoms with Crippen LogP contribution in [0.2, 0.25) is 0 Å². The first-order valence-electron chi connectivity index (χ1n) is 11.6. The highest BCUT2D eigenvalue weighted by molar-refractivity contribution is 5.86. The highest BCUT2D eigenvalue weighted by Gasteiger charge is 2.51. The van der Waals surface area contributed by atoms with Gasteiger partial charge in [-0.3, -0.25) is 10.6 Å². The van der Waals surface area contributed by atoms with E-state index in [1.54, 1.807) is 30.3 Å². The summed E-state index contributed by atoms with van der Waals surface area (Å²) in [4.78, 5) is 12.0. The maximum Gasteiger partial charge on any atom is 0.417 e. The first kappa shape index (κ1) is 27.8. The Labute approximate surface area is 219 Å². The minimum atomic E-state index is -4.89. The summed E-state index contributed by atoms with van der Waals surface area (Å²) >= 11 is 0. The molecule has 0 aliphatic carbocycles. The van der Waals surface area contributed by atoms with E-state index in [9.17, 15) is 31.1 Å². The molecule has 39 heavy (non-hydrogen) atoms. The van der Waals surface area contributed by atoms with Gasteiger partial charge in [0.2, 0.25) is 0 Å². The monoisotopic (exact) mass is 549 g/mol. The van der Waals surface area contributed by atoms with Gasteiger partial charge in [0.05, 0.1) is 17.2 Å². The Hall–Kier alpha value is -4.24. The molecule has 0 radical (unpaired) electrons. The van der Waals surface area contributed by atoms with Gasteiger partial charge in [-0.1, -0.05) is 24.3 Å². The lowest BCUT2D eigenvalue weighted by molar-refractivity contribution is -0.156. The molecule has 1 heterocycles. The van der Waals surface area contributed by atoms with Crippen LogP contribution in [-0.2, 0) is 6.18 Å². The fraction of sp³-hybridized carbons (Fsp3) is 0.259. The fourth-order valence-corrected chi connectivity index (χ4v) is 4.34. The van der Waals surface area contributed by atoms with Gasteiger partial charge in [-0.2, -0.15) is 31.6 Å². The molecule has 1 fully saturated rings. The number of anilines is 1. The molecule has 3 aromatic carbocycles. The molecule has 1 amide bonds. The molecule has 204 valence electrons. The van der Waals surface area contributed by atoms with E-state index in [4.69, 9.17) is 14.7 Å². The van der Waals surface area contributed by atoms with Crippen LogP contribution in [0.4, 0.5) is 36.8 Å². The molecule has 12 heteroatoms. The molecule has 4 rings (SSSR count). The van der Waals surface area contributed by atoms with Crippen molar-refractivity contribution in [3.63, 3.8) is 0 Å². The molecule has 0 spiro atoms. The van der Waals surface area contributed by atoms with Gasteiger partial charge in [-0.15, -0.1) is 0 Å². The van der Waals surface area contributed by atoms with E-state index in [0.717, 1.165) is 12.1 Å². The standard InChI is InChI=1S/C27H21F6N3O3/c28-26(29,30)23-12-16(6-7-17(23)14-34)22-13-19(35-24(22)27(31,32)33)15-38-20-10-8-18(9-11-20)36-25(37)39-21-4-2-1-3-5-21/h1-12,19,22,24,35H,13,15H2,(H,36,37). The largest absolute Gasteiger partial charge is 0.492 e. The van der Waals surface area contributed by atoms with Crippen molar-refractivity contribution in [3.05, 3.63) is 89.5 Å². The first-order chi connectivity index (χ1) is 18.4. The number of hydrogen-bond acceptors (Lipinski definition) is 5. The van der Waals surface area contributed by atoms with Gasteiger partial charge in [0.25, 0.3) is 0 Å². The van der Waals surface area contributed by atoms with Gasteiger partial charge in [0.1, 0.15) is 24.1 Å². The molecule has 6 nitrogen and oxygen atoms in total. The van der Waals surface area contributed by atoms with Crippen LogP contribution in [0.3, 0.4) is 0 Å². The zero-order chi connectivity index (χ0) is 28.2. The number of halogens is 6. The minimum absolute atomic E-state index is 0.141. The van der Waals surface area contributed by atoms with Gasteiger partial charge >= 0.3 is 18.4 Å². The van der Waals surface area contributed by atoms with Crippen LogP contribution in [0.15, 0.2) is 72.8 Å². The van der Waals surface area contributed by atoms with Gasteiger partial charge < -0.3 is 9.47 Å². The van der Waals surface area contributed by atoms with Crippen molar-refractivity contribution >= 4 is 11.8 Å². The third kappa shape index (κ3) is 7.00. The molecule has 0 bridgehead atoms. The summed E-state index contributed by atoms with van der Waals surface area (Å²) in [5.74, 6) is -0.650. The summed E-state index contributed by atoms with van der Waals surface area (Å²) in [7, 11) is 0. The topological polar surface area (TPSA) is 83.4 Å². The zero-order valence-corrected chi connectivity index (χ0v) is 20.0. The molecular formula is C27H21F6N3O3. The smallest absolute Gasteiger partial charge is 0.417 e. The SMILES string of the molecule is N#Cc1ccc(C2CC(COc3ccc(NC(=O)Oc4ccccc4)cc3)NC2C(F)(F)F)cc1C(F)(F)F. The van der Waals surface area contributed by atoms with E-state index in [2.05, 4.69) is 10.6 Å². The molecule has 0 saturated carbocycles. The van der Waals surface area contributed by atoms with Crippen molar-refractivity contribution in [3.8, 4) is 17.6 Å². The molecule has 1 aliphatic heterocycles. The van der Waals surface area contributed by atoms with E-state index in [0.29, 0.717) is 23.3 Å². The third-order valence-electron chi connectivity index (χ3n) is 6.11. The van der Waals surface area contributed by atoms with E-state index in [1.807, 2.05) is 0 Å². The second kappa shape index (κ2) is 11.2. The number of nitriles is 1. The summed E-state index contributed by atoms with van der Waals surface area (Å²) < 4.78 is 92.2. The fourth-order valence-electron chi connectivity index (χ4n) is 4.34. The van der Waals surface area contributed by atoms with Crippen LogP contribution < -0.4 is 20.1 Å². The third-order valence-corrected chi connectivity index (χ3v) is 6.11. The molecule has 0 aromatic heterocycles. The van der Waals surface area contributed by atoms with Gasteiger partial charge in [-0.25, -0.2) is 4.79 Å². The van der Waals surface area contributed by atoms with E-state index in [1.165, 1.54) is 30.3 Å². The maximum atomic E-state index is 13.8. The number of amides is 1. The number of alkyl halides is 6. The number of carbonyl (C=O) groups excluding carboxylic acids is 1. The van der Waals surface area contributed by atoms with Crippen molar-refractivity contribution in [2.45, 2.75) is 36.8 Å². The number of carbonyl (C=O) groups is 1. The van der Waals surface area contributed by atoms with Crippen molar-refractivity contribution in [2.24, 2.45) is 0 Å². The van der Waals surface area contributed by atoms with Crippen LogP contribution in [0.25, 0.3) is 0 Å². The number of nitrogens with zero attached hydrogens (tertiary/aromatic N) is 1. The van der Waals surface area contributed by atoms with Crippen LogP contribution in [0.5, 0.6) is 11.5 Å². The molecular weight excluding hydrogens is 528 g/mol. The van der Waals surface area contributed by atoms with Crippen LogP contribution >= 0.6 is 0 Å². The number of nitrogens with one attached hydrogen (secondary N) is 2. The lowest BCUT2D eigenvalue weighted by Crippen LogP contribution is -2.44. The summed E-state index contributed by atoms with van der Waals surface area (Å²) in [5.41, 5.74) is -1.71. The predicted molar refractivity (Wildman–Crippen MR) is 128 cm³/mol. The minimum Gasteiger partial charge on any atom is -0.492 e. The lowest BCUT2D eigenvalue weighted by Gasteiger charge is -2.23. The second-order valence-corrected chi connectivity index (χ2v) is 8.80. The maximum absolute atomic E-state index is 13.8. The van der Waals surface area contributed by atoms with Gasteiger partial charge in [-0.05, 0) is 60.5 Å². The van der Waals surface area contributed by atoms with Crippen LogP contribution in [0.1, 0.15) is 29.0 Å². The number of ether oxygens (including phenoxy) is 2. The Morgan fingerprint density at radius 1 is 0.974 bits per heavy atom. The Morgan fingerprint density at radius 3 is 2.28 bits per heavy atom. The zero-order valence-electron chi connectivity index (χ0n) is 20.0. The van der Waals surface area contributed by atoms with Gasteiger partial charge in [0.15, 0.2) is 0 Å². The molecule has 1 saturated heterocycles. The quantitative estimate of drug-likeness (QED) is 0.337. The molecule has 3 aromatic rings. The Morgan fingerprint density at radius 2 is 1.67 bits per heavy atom. The highest BCUT2D eigenvalue weighted by Crippen LogP contribution is 2.42.